The third kappa shape index (κ3) is 6.31. The second-order valence-electron chi connectivity index (χ2n) is 9.28. The first kappa shape index (κ1) is 21.8. The van der Waals surface area contributed by atoms with Crippen LogP contribution in [-0.2, 0) is 6.54 Å². The Hall–Kier alpha value is -2.37. The van der Waals surface area contributed by atoms with Gasteiger partial charge in [-0.1, -0.05) is 19.1 Å². The summed E-state index contributed by atoms with van der Waals surface area (Å²) in [6, 6.07) is 15.7. The molecule has 0 radical (unpaired) electrons. The molecule has 2 fully saturated rings. The summed E-state index contributed by atoms with van der Waals surface area (Å²) in [6.45, 7) is 7.78. The van der Waals surface area contributed by atoms with Crippen molar-refractivity contribution < 1.29 is 9.53 Å². The summed E-state index contributed by atoms with van der Waals surface area (Å²) < 4.78 is 6.09. The van der Waals surface area contributed by atoms with E-state index < -0.39 is 0 Å². The summed E-state index contributed by atoms with van der Waals surface area (Å²) in [7, 11) is 2.15. The van der Waals surface area contributed by atoms with Gasteiger partial charge in [0.15, 0.2) is 0 Å². The number of anilines is 1. The van der Waals surface area contributed by atoms with Gasteiger partial charge in [0.2, 0.25) is 0 Å². The Morgan fingerprint density at radius 1 is 1.00 bits per heavy atom. The standard InChI is InChI=1S/C26H35N3O2/c1-20-4-3-15-29(18-20)19-21-5-7-22(8-6-21)26(30)27-23-9-11-24(12-10-23)31-25-13-16-28(2)17-14-25/h5-12,20,25H,3-4,13-19H2,1-2H3,(H,27,30)/t20-/m0/s1. The highest BCUT2D eigenvalue weighted by Crippen LogP contribution is 2.22. The van der Waals surface area contributed by atoms with Crippen LogP contribution in [0.1, 0.15) is 48.5 Å². The minimum absolute atomic E-state index is 0.0814. The molecule has 0 aromatic heterocycles. The highest BCUT2D eigenvalue weighted by atomic mass is 16.5. The normalized spacial score (nSPS) is 21.0. The first-order chi connectivity index (χ1) is 15.0. The molecule has 0 spiro atoms. The van der Waals surface area contributed by atoms with E-state index in [1.165, 1.54) is 31.5 Å². The summed E-state index contributed by atoms with van der Waals surface area (Å²) >= 11 is 0. The number of rotatable bonds is 6. The van der Waals surface area contributed by atoms with Crippen LogP contribution >= 0.6 is 0 Å². The van der Waals surface area contributed by atoms with E-state index in [0.29, 0.717) is 5.56 Å². The molecule has 1 N–H and O–H groups in total. The van der Waals surface area contributed by atoms with E-state index in [1.54, 1.807) is 0 Å². The fraction of sp³-hybridized carbons (Fsp3) is 0.500. The molecule has 5 heteroatoms. The average Bonchev–Trinajstić information content (AvgIpc) is 2.77. The predicted molar refractivity (Wildman–Crippen MR) is 126 cm³/mol. The van der Waals surface area contributed by atoms with E-state index in [9.17, 15) is 4.79 Å². The SMILES string of the molecule is C[C@H]1CCCN(Cc2ccc(C(=O)Nc3ccc(OC4CCN(C)CC4)cc3)cc2)C1. The summed E-state index contributed by atoms with van der Waals surface area (Å²) in [6.07, 6.45) is 5.01. The van der Waals surface area contributed by atoms with Gasteiger partial charge >= 0.3 is 0 Å². The molecule has 1 atom stereocenters. The molecule has 2 aromatic carbocycles. The van der Waals surface area contributed by atoms with Gasteiger partial charge in [-0.3, -0.25) is 9.69 Å². The number of hydrogen-bond acceptors (Lipinski definition) is 4. The van der Waals surface area contributed by atoms with Gasteiger partial charge in [-0.15, -0.1) is 0 Å². The smallest absolute Gasteiger partial charge is 0.255 e. The number of amides is 1. The number of carbonyl (C=O) groups excluding carboxylic acids is 1. The third-order valence-electron chi connectivity index (χ3n) is 6.44. The van der Waals surface area contributed by atoms with E-state index in [-0.39, 0.29) is 12.0 Å². The molecule has 2 aliphatic heterocycles. The van der Waals surface area contributed by atoms with Crippen molar-refractivity contribution in [1.82, 2.24) is 9.80 Å². The lowest BCUT2D eigenvalue weighted by atomic mass is 9.99. The Balaban J connectivity index is 1.27. The lowest BCUT2D eigenvalue weighted by Gasteiger charge is -2.30. The van der Waals surface area contributed by atoms with Gasteiger partial charge in [0.1, 0.15) is 11.9 Å². The molecule has 0 unspecified atom stereocenters. The summed E-state index contributed by atoms with van der Waals surface area (Å²) in [4.78, 5) is 17.5. The van der Waals surface area contributed by atoms with Crippen LogP contribution in [0.25, 0.3) is 0 Å². The number of piperidine rings is 2. The van der Waals surface area contributed by atoms with Crippen LogP contribution in [0.5, 0.6) is 5.75 Å². The number of hydrogen-bond donors (Lipinski definition) is 1. The summed E-state index contributed by atoms with van der Waals surface area (Å²) in [5.41, 5.74) is 2.73. The van der Waals surface area contributed by atoms with Crippen molar-refractivity contribution in [3.63, 3.8) is 0 Å². The molecular formula is C26H35N3O2. The zero-order valence-corrected chi connectivity index (χ0v) is 18.8. The van der Waals surface area contributed by atoms with Crippen molar-refractivity contribution in [3.8, 4) is 5.75 Å². The maximum atomic E-state index is 12.6. The summed E-state index contributed by atoms with van der Waals surface area (Å²) in [5, 5.41) is 2.99. The highest BCUT2D eigenvalue weighted by molar-refractivity contribution is 6.04. The van der Waals surface area contributed by atoms with E-state index in [4.69, 9.17) is 4.74 Å². The lowest BCUT2D eigenvalue weighted by Crippen LogP contribution is -2.35. The van der Waals surface area contributed by atoms with Crippen molar-refractivity contribution in [2.45, 2.75) is 45.3 Å². The number of ether oxygens (including phenoxy) is 1. The number of benzene rings is 2. The Labute approximate surface area is 186 Å². The average molecular weight is 422 g/mol. The molecule has 4 rings (SSSR count). The van der Waals surface area contributed by atoms with Crippen LogP contribution in [0.2, 0.25) is 0 Å². The molecule has 2 heterocycles. The summed E-state index contributed by atoms with van der Waals surface area (Å²) in [5.74, 6) is 1.56. The molecule has 0 bridgehead atoms. The number of nitrogens with zero attached hydrogens (tertiary/aromatic N) is 2. The third-order valence-corrected chi connectivity index (χ3v) is 6.44. The Kier molecular flexibility index (Phi) is 7.25. The zero-order chi connectivity index (χ0) is 21.6. The first-order valence-corrected chi connectivity index (χ1v) is 11.6. The van der Waals surface area contributed by atoms with E-state index in [1.807, 2.05) is 36.4 Å². The van der Waals surface area contributed by atoms with Gasteiger partial charge in [-0.05, 0) is 87.2 Å². The predicted octanol–water partition coefficient (Wildman–Crippen LogP) is 4.64. The minimum atomic E-state index is -0.0814. The Morgan fingerprint density at radius 3 is 2.39 bits per heavy atom. The van der Waals surface area contributed by atoms with E-state index in [0.717, 1.165) is 49.8 Å². The van der Waals surface area contributed by atoms with Crippen LogP contribution in [-0.4, -0.2) is 55.0 Å². The quantitative estimate of drug-likeness (QED) is 0.738. The second-order valence-corrected chi connectivity index (χ2v) is 9.28. The number of carbonyl (C=O) groups is 1. The van der Waals surface area contributed by atoms with Crippen LogP contribution in [0.4, 0.5) is 5.69 Å². The molecule has 166 valence electrons. The number of nitrogens with one attached hydrogen (secondary N) is 1. The fourth-order valence-corrected chi connectivity index (χ4v) is 4.57. The van der Waals surface area contributed by atoms with E-state index >= 15 is 0 Å². The van der Waals surface area contributed by atoms with Crippen molar-refractivity contribution in [2.75, 3.05) is 38.5 Å². The molecule has 31 heavy (non-hydrogen) atoms. The zero-order valence-electron chi connectivity index (χ0n) is 18.8. The van der Waals surface area contributed by atoms with Crippen LogP contribution in [0, 0.1) is 5.92 Å². The molecular weight excluding hydrogens is 386 g/mol. The van der Waals surface area contributed by atoms with Gasteiger partial charge in [-0.2, -0.15) is 0 Å². The maximum Gasteiger partial charge on any atom is 0.255 e. The van der Waals surface area contributed by atoms with Crippen molar-refractivity contribution in [1.29, 1.82) is 0 Å². The monoisotopic (exact) mass is 421 g/mol. The minimum Gasteiger partial charge on any atom is -0.490 e. The van der Waals surface area contributed by atoms with Gasteiger partial charge < -0.3 is 15.0 Å². The molecule has 5 nitrogen and oxygen atoms in total. The second kappa shape index (κ2) is 10.3. The van der Waals surface area contributed by atoms with Crippen molar-refractivity contribution in [2.24, 2.45) is 5.92 Å². The van der Waals surface area contributed by atoms with Gasteiger partial charge in [0, 0.05) is 37.4 Å². The van der Waals surface area contributed by atoms with Gasteiger partial charge in [-0.25, -0.2) is 0 Å². The molecule has 2 aromatic rings. The largest absolute Gasteiger partial charge is 0.490 e. The van der Waals surface area contributed by atoms with Gasteiger partial charge in [0.05, 0.1) is 0 Å². The molecule has 1 amide bonds. The van der Waals surface area contributed by atoms with Crippen LogP contribution in [0.3, 0.4) is 0 Å². The van der Waals surface area contributed by atoms with Crippen LogP contribution < -0.4 is 10.1 Å². The molecule has 2 saturated heterocycles. The Bertz CT molecular complexity index is 842. The molecule has 2 aliphatic rings. The Morgan fingerprint density at radius 2 is 1.71 bits per heavy atom. The maximum absolute atomic E-state index is 12.6. The highest BCUT2D eigenvalue weighted by Gasteiger charge is 2.18. The number of likely N-dealkylation sites (tertiary alicyclic amines) is 2. The lowest BCUT2D eigenvalue weighted by molar-refractivity contribution is 0.102. The van der Waals surface area contributed by atoms with E-state index in [2.05, 4.69) is 41.2 Å². The fourth-order valence-electron chi connectivity index (χ4n) is 4.57. The molecule has 0 saturated carbocycles. The molecule has 0 aliphatic carbocycles. The van der Waals surface area contributed by atoms with Crippen molar-refractivity contribution in [3.05, 3.63) is 59.7 Å². The van der Waals surface area contributed by atoms with Crippen molar-refractivity contribution >= 4 is 11.6 Å². The van der Waals surface area contributed by atoms with Crippen LogP contribution in [0.15, 0.2) is 48.5 Å². The topological polar surface area (TPSA) is 44.8 Å². The first-order valence-electron chi connectivity index (χ1n) is 11.6. The van der Waals surface area contributed by atoms with Gasteiger partial charge in [0.25, 0.3) is 5.91 Å².